The molecule has 3 heterocycles. The summed E-state index contributed by atoms with van der Waals surface area (Å²) in [7, 11) is 0. The van der Waals surface area contributed by atoms with Crippen molar-refractivity contribution in [1.82, 2.24) is 4.90 Å². The van der Waals surface area contributed by atoms with Crippen LogP contribution in [0, 0.1) is 0 Å². The predicted octanol–water partition coefficient (Wildman–Crippen LogP) is 2.21. The van der Waals surface area contributed by atoms with Crippen LogP contribution in [0.4, 0.5) is 0 Å². The molecule has 3 aliphatic rings. The number of amides is 1. The predicted molar refractivity (Wildman–Crippen MR) is 86.4 cm³/mol. The molecule has 1 amide bonds. The molecule has 1 aromatic carbocycles. The van der Waals surface area contributed by atoms with Crippen LogP contribution in [0.5, 0.6) is 11.5 Å². The van der Waals surface area contributed by atoms with E-state index in [1.54, 1.807) is 12.1 Å². The lowest BCUT2D eigenvalue weighted by molar-refractivity contribution is -0.0951. The number of carbonyl (C=O) groups is 1. The molecule has 0 bridgehead atoms. The Kier molecular flexibility index (Phi) is 4.33. The molecule has 0 saturated carbocycles. The van der Waals surface area contributed by atoms with Crippen LogP contribution in [-0.2, 0) is 9.47 Å². The van der Waals surface area contributed by atoms with E-state index in [-0.39, 0.29) is 30.9 Å². The highest BCUT2D eigenvalue weighted by atomic mass is 16.7. The fraction of sp³-hybridized carbons (Fsp3) is 0.611. The van der Waals surface area contributed by atoms with Crippen molar-refractivity contribution in [1.29, 1.82) is 0 Å². The highest BCUT2D eigenvalue weighted by Crippen LogP contribution is 2.35. The first-order valence-corrected chi connectivity index (χ1v) is 8.70. The van der Waals surface area contributed by atoms with Crippen molar-refractivity contribution in [3.8, 4) is 11.5 Å². The van der Waals surface area contributed by atoms with E-state index in [1.165, 1.54) is 0 Å². The second-order valence-electron chi connectivity index (χ2n) is 6.46. The summed E-state index contributed by atoms with van der Waals surface area (Å²) in [5.41, 5.74) is 0.649. The van der Waals surface area contributed by atoms with Crippen LogP contribution in [0.25, 0.3) is 0 Å². The maximum Gasteiger partial charge on any atom is 0.254 e. The fourth-order valence-corrected chi connectivity index (χ4v) is 3.82. The van der Waals surface area contributed by atoms with Gasteiger partial charge in [-0.15, -0.1) is 0 Å². The number of benzene rings is 1. The highest BCUT2D eigenvalue weighted by Gasteiger charge is 2.42. The van der Waals surface area contributed by atoms with E-state index in [0.29, 0.717) is 30.3 Å². The Morgan fingerprint density at radius 2 is 2.12 bits per heavy atom. The Morgan fingerprint density at radius 3 is 3.00 bits per heavy atom. The first-order chi connectivity index (χ1) is 11.8. The molecular weight excluding hydrogens is 310 g/mol. The summed E-state index contributed by atoms with van der Waals surface area (Å²) >= 11 is 0. The molecule has 6 nitrogen and oxygen atoms in total. The van der Waals surface area contributed by atoms with Gasteiger partial charge in [-0.3, -0.25) is 4.79 Å². The Labute approximate surface area is 141 Å². The van der Waals surface area contributed by atoms with Gasteiger partial charge in [-0.2, -0.15) is 0 Å². The summed E-state index contributed by atoms with van der Waals surface area (Å²) < 4.78 is 22.3. The van der Waals surface area contributed by atoms with Crippen molar-refractivity contribution in [2.45, 2.75) is 44.4 Å². The van der Waals surface area contributed by atoms with Crippen molar-refractivity contribution < 1.29 is 23.7 Å². The molecule has 0 N–H and O–H groups in total. The molecule has 3 aliphatic heterocycles. The summed E-state index contributed by atoms with van der Waals surface area (Å²) in [4.78, 5) is 14.9. The Morgan fingerprint density at radius 1 is 1.25 bits per heavy atom. The zero-order chi connectivity index (χ0) is 16.5. The lowest BCUT2D eigenvalue weighted by Crippen LogP contribution is -2.45. The lowest BCUT2D eigenvalue weighted by atomic mass is 9.99. The average Bonchev–Trinajstić information content (AvgIpc) is 3.24. The molecule has 1 aromatic rings. The van der Waals surface area contributed by atoms with Crippen molar-refractivity contribution in [3.05, 3.63) is 23.8 Å². The van der Waals surface area contributed by atoms with Gasteiger partial charge in [0, 0.05) is 18.7 Å². The number of nitrogens with zero attached hydrogens (tertiary/aromatic N) is 1. The number of carbonyl (C=O) groups excluding carboxylic acids is 1. The van der Waals surface area contributed by atoms with Crippen LogP contribution in [0.2, 0.25) is 0 Å². The summed E-state index contributed by atoms with van der Waals surface area (Å²) in [6, 6.07) is 5.56. The van der Waals surface area contributed by atoms with Gasteiger partial charge in [-0.1, -0.05) is 0 Å². The smallest absolute Gasteiger partial charge is 0.254 e. The van der Waals surface area contributed by atoms with Gasteiger partial charge in [0.1, 0.15) is 0 Å². The third kappa shape index (κ3) is 2.84. The van der Waals surface area contributed by atoms with E-state index >= 15 is 0 Å². The normalized spacial score (nSPS) is 28.0. The van der Waals surface area contributed by atoms with Gasteiger partial charge in [0.15, 0.2) is 11.5 Å². The minimum atomic E-state index is 0.0488. The minimum absolute atomic E-state index is 0.0488. The van der Waals surface area contributed by atoms with E-state index in [2.05, 4.69) is 0 Å². The van der Waals surface area contributed by atoms with Gasteiger partial charge in [-0.25, -0.2) is 0 Å². The van der Waals surface area contributed by atoms with Crippen LogP contribution in [0.15, 0.2) is 18.2 Å². The van der Waals surface area contributed by atoms with Crippen LogP contribution >= 0.6 is 0 Å². The highest BCUT2D eigenvalue weighted by molar-refractivity contribution is 5.95. The van der Waals surface area contributed by atoms with Gasteiger partial charge < -0.3 is 23.8 Å². The Balaban J connectivity index is 1.43. The first-order valence-electron chi connectivity index (χ1n) is 8.70. The Hall–Kier alpha value is -1.79. The molecule has 0 aromatic heterocycles. The third-order valence-electron chi connectivity index (χ3n) is 5.02. The number of hydrogen-bond donors (Lipinski definition) is 0. The quantitative estimate of drug-likeness (QED) is 0.845. The first kappa shape index (κ1) is 15.7. The second-order valence-corrected chi connectivity index (χ2v) is 6.46. The molecule has 4 rings (SSSR count). The summed E-state index contributed by atoms with van der Waals surface area (Å²) in [5.74, 6) is 1.39. The van der Waals surface area contributed by atoms with E-state index in [4.69, 9.17) is 18.9 Å². The molecular formula is C18H23NO5. The minimum Gasteiger partial charge on any atom is -0.454 e. The Bertz CT molecular complexity index is 619. The van der Waals surface area contributed by atoms with E-state index in [1.807, 2.05) is 17.9 Å². The standard InChI is InChI=1S/C18H23NO5/c1-2-21-10-13-4-5-14-15(24-13)7-8-19(14)18(20)12-3-6-16-17(9-12)23-11-22-16/h3,6,9,13-15H,2,4-5,7-8,10-11H2,1H3/t13-,14?,15?/m1/s1. The maximum absolute atomic E-state index is 12.9. The molecule has 6 heteroatoms. The van der Waals surface area contributed by atoms with Crippen LogP contribution < -0.4 is 9.47 Å². The van der Waals surface area contributed by atoms with E-state index in [0.717, 1.165) is 25.8 Å². The third-order valence-corrected chi connectivity index (χ3v) is 5.02. The molecule has 2 saturated heterocycles. The molecule has 0 spiro atoms. The van der Waals surface area contributed by atoms with Crippen LogP contribution in [0.3, 0.4) is 0 Å². The number of likely N-dealkylation sites (tertiary alicyclic amines) is 1. The SMILES string of the molecule is CCOC[C@H]1CCC2C(CCN2C(=O)c2ccc3c(c2)OCO3)O1. The second kappa shape index (κ2) is 6.61. The van der Waals surface area contributed by atoms with Gasteiger partial charge >= 0.3 is 0 Å². The molecule has 24 heavy (non-hydrogen) atoms. The van der Waals surface area contributed by atoms with Crippen molar-refractivity contribution in [3.63, 3.8) is 0 Å². The van der Waals surface area contributed by atoms with E-state index < -0.39 is 0 Å². The number of fused-ring (bicyclic) bond motifs is 2. The molecule has 3 atom stereocenters. The van der Waals surface area contributed by atoms with E-state index in [9.17, 15) is 4.79 Å². The largest absolute Gasteiger partial charge is 0.454 e. The lowest BCUT2D eigenvalue weighted by Gasteiger charge is -2.35. The molecule has 2 fully saturated rings. The monoisotopic (exact) mass is 333 g/mol. The topological polar surface area (TPSA) is 57.2 Å². The van der Waals surface area contributed by atoms with Crippen molar-refractivity contribution in [2.24, 2.45) is 0 Å². The summed E-state index contributed by atoms with van der Waals surface area (Å²) in [6.07, 6.45) is 3.09. The number of rotatable bonds is 4. The summed E-state index contributed by atoms with van der Waals surface area (Å²) in [6.45, 7) is 4.31. The number of hydrogen-bond acceptors (Lipinski definition) is 5. The average molecular weight is 333 g/mol. The van der Waals surface area contributed by atoms with Crippen molar-refractivity contribution in [2.75, 3.05) is 26.6 Å². The van der Waals surface area contributed by atoms with Crippen LogP contribution in [-0.4, -0.2) is 55.6 Å². The maximum atomic E-state index is 12.9. The summed E-state index contributed by atoms with van der Waals surface area (Å²) in [5, 5.41) is 0. The van der Waals surface area contributed by atoms with Gasteiger partial charge in [0.25, 0.3) is 5.91 Å². The van der Waals surface area contributed by atoms with Gasteiger partial charge in [0.05, 0.1) is 24.9 Å². The van der Waals surface area contributed by atoms with Crippen LogP contribution in [0.1, 0.15) is 36.5 Å². The molecule has 0 aliphatic carbocycles. The fourth-order valence-electron chi connectivity index (χ4n) is 3.82. The molecule has 2 unspecified atom stereocenters. The molecule has 0 radical (unpaired) electrons. The zero-order valence-electron chi connectivity index (χ0n) is 13.9. The van der Waals surface area contributed by atoms with Gasteiger partial charge in [0.2, 0.25) is 6.79 Å². The zero-order valence-corrected chi connectivity index (χ0v) is 13.9. The molecule has 130 valence electrons. The number of ether oxygens (including phenoxy) is 4. The van der Waals surface area contributed by atoms with Gasteiger partial charge in [-0.05, 0) is 44.4 Å². The van der Waals surface area contributed by atoms with Crippen molar-refractivity contribution >= 4 is 5.91 Å².